The first kappa shape index (κ1) is 14.9. The maximum Gasteiger partial charge on any atom is 0.0589 e. The fourth-order valence-corrected chi connectivity index (χ4v) is 2.75. The summed E-state index contributed by atoms with van der Waals surface area (Å²) in [7, 11) is 5.61. The molecule has 0 aromatic rings. The van der Waals surface area contributed by atoms with Gasteiger partial charge in [-0.05, 0) is 19.9 Å². The maximum atomic E-state index is 5.21. The van der Waals surface area contributed by atoms with Crippen LogP contribution in [-0.2, 0) is 9.47 Å². The Labute approximate surface area is 106 Å². The number of methoxy groups -OCH3 is 2. The Morgan fingerprint density at radius 3 is 2.18 bits per heavy atom. The van der Waals surface area contributed by atoms with E-state index in [1.165, 1.54) is 25.7 Å². The van der Waals surface area contributed by atoms with Crippen LogP contribution in [0.1, 0.15) is 25.7 Å². The standard InChI is InChI=1S/C13H28N2O2/c1-14-12-6-4-5-7-13(12)15(8-10-16-2)9-11-17-3/h12-14H,4-11H2,1-3H3/t12-,13-/m1/s1. The third-order valence-corrected chi connectivity index (χ3v) is 3.73. The Hall–Kier alpha value is -0.160. The molecule has 0 bridgehead atoms. The number of nitrogens with one attached hydrogen (secondary N) is 1. The summed E-state index contributed by atoms with van der Waals surface area (Å²) < 4.78 is 10.4. The van der Waals surface area contributed by atoms with Gasteiger partial charge in [0.2, 0.25) is 0 Å². The Morgan fingerprint density at radius 1 is 1.06 bits per heavy atom. The number of nitrogens with zero attached hydrogens (tertiary/aromatic N) is 1. The monoisotopic (exact) mass is 244 g/mol. The van der Waals surface area contributed by atoms with E-state index in [2.05, 4.69) is 17.3 Å². The molecule has 0 heterocycles. The highest BCUT2D eigenvalue weighted by Crippen LogP contribution is 2.22. The van der Waals surface area contributed by atoms with E-state index >= 15 is 0 Å². The normalized spacial score (nSPS) is 25.4. The van der Waals surface area contributed by atoms with E-state index in [9.17, 15) is 0 Å². The molecule has 1 aliphatic carbocycles. The Balaban J connectivity index is 2.51. The van der Waals surface area contributed by atoms with Gasteiger partial charge in [-0.2, -0.15) is 0 Å². The minimum absolute atomic E-state index is 0.623. The molecule has 102 valence electrons. The van der Waals surface area contributed by atoms with Crippen molar-refractivity contribution in [3.05, 3.63) is 0 Å². The van der Waals surface area contributed by atoms with Crippen LogP contribution in [0.25, 0.3) is 0 Å². The van der Waals surface area contributed by atoms with Crippen molar-refractivity contribution >= 4 is 0 Å². The van der Waals surface area contributed by atoms with Gasteiger partial charge in [-0.15, -0.1) is 0 Å². The summed E-state index contributed by atoms with van der Waals surface area (Å²) in [4.78, 5) is 2.52. The molecule has 0 aromatic carbocycles. The molecule has 1 rings (SSSR count). The molecule has 0 aromatic heterocycles. The molecule has 0 spiro atoms. The van der Waals surface area contributed by atoms with Gasteiger partial charge in [-0.25, -0.2) is 0 Å². The zero-order valence-corrected chi connectivity index (χ0v) is 11.6. The first-order valence-corrected chi connectivity index (χ1v) is 6.72. The summed E-state index contributed by atoms with van der Waals surface area (Å²) in [5.74, 6) is 0. The van der Waals surface area contributed by atoms with E-state index < -0.39 is 0 Å². The van der Waals surface area contributed by atoms with Crippen LogP contribution in [0, 0.1) is 0 Å². The summed E-state index contributed by atoms with van der Waals surface area (Å²) in [6, 6.07) is 1.26. The van der Waals surface area contributed by atoms with Crippen molar-refractivity contribution in [1.82, 2.24) is 10.2 Å². The maximum absolute atomic E-state index is 5.21. The summed E-state index contributed by atoms with van der Waals surface area (Å²) in [5.41, 5.74) is 0. The van der Waals surface area contributed by atoms with E-state index in [-0.39, 0.29) is 0 Å². The minimum Gasteiger partial charge on any atom is -0.383 e. The molecule has 1 fully saturated rings. The van der Waals surface area contributed by atoms with Crippen LogP contribution in [0.15, 0.2) is 0 Å². The molecule has 0 radical (unpaired) electrons. The van der Waals surface area contributed by atoms with E-state index in [4.69, 9.17) is 9.47 Å². The van der Waals surface area contributed by atoms with Crippen molar-refractivity contribution < 1.29 is 9.47 Å². The molecule has 0 saturated heterocycles. The molecular weight excluding hydrogens is 216 g/mol. The van der Waals surface area contributed by atoms with E-state index in [1.807, 2.05) is 0 Å². The van der Waals surface area contributed by atoms with Gasteiger partial charge in [0, 0.05) is 39.4 Å². The van der Waals surface area contributed by atoms with Gasteiger partial charge in [0.15, 0.2) is 0 Å². The average Bonchev–Trinajstić information content (AvgIpc) is 2.39. The second-order valence-corrected chi connectivity index (χ2v) is 4.77. The van der Waals surface area contributed by atoms with Crippen molar-refractivity contribution in [3.8, 4) is 0 Å². The number of likely N-dealkylation sites (N-methyl/N-ethyl adjacent to an activating group) is 1. The minimum atomic E-state index is 0.623. The van der Waals surface area contributed by atoms with Gasteiger partial charge in [-0.1, -0.05) is 12.8 Å². The molecule has 2 atom stereocenters. The molecule has 1 N–H and O–H groups in total. The zero-order valence-electron chi connectivity index (χ0n) is 11.6. The smallest absolute Gasteiger partial charge is 0.0589 e. The van der Waals surface area contributed by atoms with Gasteiger partial charge < -0.3 is 14.8 Å². The van der Waals surface area contributed by atoms with Crippen LogP contribution < -0.4 is 5.32 Å². The Morgan fingerprint density at radius 2 is 1.65 bits per heavy atom. The van der Waals surface area contributed by atoms with Crippen LogP contribution in [0.3, 0.4) is 0 Å². The molecule has 17 heavy (non-hydrogen) atoms. The average molecular weight is 244 g/mol. The van der Waals surface area contributed by atoms with E-state index in [0.717, 1.165) is 26.3 Å². The first-order valence-electron chi connectivity index (χ1n) is 6.72. The van der Waals surface area contributed by atoms with Gasteiger partial charge in [0.1, 0.15) is 0 Å². The fraction of sp³-hybridized carbons (Fsp3) is 1.00. The highest BCUT2D eigenvalue weighted by molar-refractivity contribution is 4.87. The van der Waals surface area contributed by atoms with E-state index in [0.29, 0.717) is 12.1 Å². The molecule has 0 unspecified atom stereocenters. The summed E-state index contributed by atoms with van der Waals surface area (Å²) in [6.45, 7) is 3.61. The third kappa shape index (κ3) is 4.92. The lowest BCUT2D eigenvalue weighted by atomic mass is 9.89. The van der Waals surface area contributed by atoms with Crippen molar-refractivity contribution in [1.29, 1.82) is 0 Å². The quantitative estimate of drug-likeness (QED) is 0.693. The van der Waals surface area contributed by atoms with Gasteiger partial charge in [-0.3, -0.25) is 4.90 Å². The molecule has 0 aliphatic heterocycles. The molecule has 4 heteroatoms. The molecule has 1 aliphatic rings. The van der Waals surface area contributed by atoms with Gasteiger partial charge in [0.25, 0.3) is 0 Å². The van der Waals surface area contributed by atoms with Crippen molar-refractivity contribution in [2.24, 2.45) is 0 Å². The lowest BCUT2D eigenvalue weighted by Gasteiger charge is -2.39. The molecule has 0 amide bonds. The van der Waals surface area contributed by atoms with Crippen LogP contribution in [0.4, 0.5) is 0 Å². The van der Waals surface area contributed by atoms with Crippen LogP contribution in [-0.4, -0.2) is 64.6 Å². The van der Waals surface area contributed by atoms with Crippen molar-refractivity contribution in [2.75, 3.05) is 47.6 Å². The van der Waals surface area contributed by atoms with Crippen LogP contribution >= 0.6 is 0 Å². The third-order valence-electron chi connectivity index (χ3n) is 3.73. The van der Waals surface area contributed by atoms with Gasteiger partial charge >= 0.3 is 0 Å². The number of hydrogen-bond acceptors (Lipinski definition) is 4. The number of hydrogen-bond donors (Lipinski definition) is 1. The lowest BCUT2D eigenvalue weighted by molar-refractivity contribution is 0.0607. The highest BCUT2D eigenvalue weighted by atomic mass is 16.5. The highest BCUT2D eigenvalue weighted by Gasteiger charge is 2.28. The van der Waals surface area contributed by atoms with Gasteiger partial charge in [0.05, 0.1) is 13.2 Å². The molecular formula is C13H28N2O2. The number of ether oxygens (including phenoxy) is 2. The second-order valence-electron chi connectivity index (χ2n) is 4.77. The summed E-state index contributed by atoms with van der Waals surface area (Å²) in [5, 5.41) is 3.46. The van der Waals surface area contributed by atoms with E-state index in [1.54, 1.807) is 14.2 Å². The second kappa shape index (κ2) is 8.86. The SMILES string of the molecule is CN[C@@H]1CCCC[C@H]1N(CCOC)CCOC. The number of rotatable bonds is 8. The Bertz CT molecular complexity index is 182. The predicted molar refractivity (Wildman–Crippen MR) is 70.4 cm³/mol. The summed E-state index contributed by atoms with van der Waals surface area (Å²) in [6.07, 6.45) is 5.28. The van der Waals surface area contributed by atoms with Crippen LogP contribution in [0.2, 0.25) is 0 Å². The lowest BCUT2D eigenvalue weighted by Crippen LogP contribution is -2.52. The Kier molecular flexibility index (Phi) is 7.77. The molecule has 1 saturated carbocycles. The fourth-order valence-electron chi connectivity index (χ4n) is 2.75. The topological polar surface area (TPSA) is 33.7 Å². The first-order chi connectivity index (χ1) is 8.33. The predicted octanol–water partition coefficient (Wildman–Crippen LogP) is 1.11. The zero-order chi connectivity index (χ0) is 12.5. The largest absolute Gasteiger partial charge is 0.383 e. The summed E-state index contributed by atoms with van der Waals surface area (Å²) >= 11 is 0. The van der Waals surface area contributed by atoms with Crippen molar-refractivity contribution in [3.63, 3.8) is 0 Å². The van der Waals surface area contributed by atoms with Crippen LogP contribution in [0.5, 0.6) is 0 Å². The van der Waals surface area contributed by atoms with Crippen molar-refractivity contribution in [2.45, 2.75) is 37.8 Å². The molecule has 4 nitrogen and oxygen atoms in total.